The van der Waals surface area contributed by atoms with E-state index in [2.05, 4.69) is 47.3 Å². The Kier molecular flexibility index (Phi) is 2.82. The number of benzene rings is 1. The van der Waals surface area contributed by atoms with Gasteiger partial charge >= 0.3 is 0 Å². The summed E-state index contributed by atoms with van der Waals surface area (Å²) in [5.74, 6) is 2.70. The topological polar surface area (TPSA) is 15.3 Å². The summed E-state index contributed by atoms with van der Waals surface area (Å²) in [5, 5.41) is 3.43. The minimum Gasteiger partial charge on any atom is -0.381 e. The quantitative estimate of drug-likeness (QED) is 0.737. The van der Waals surface area contributed by atoms with Crippen LogP contribution in [0.1, 0.15) is 13.3 Å². The highest BCUT2D eigenvalue weighted by Gasteiger charge is 2.21. The summed E-state index contributed by atoms with van der Waals surface area (Å²) in [5.41, 5.74) is 2.49. The third-order valence-corrected chi connectivity index (χ3v) is 2.83. The number of terminal acetylenes is 1. The summed E-state index contributed by atoms with van der Waals surface area (Å²) in [6.45, 7) is 4.15. The molecule has 2 rings (SSSR count). The molecule has 1 N–H and O–H groups in total. The van der Waals surface area contributed by atoms with Gasteiger partial charge in [-0.25, -0.2) is 0 Å². The van der Waals surface area contributed by atoms with E-state index in [1.807, 2.05) is 0 Å². The van der Waals surface area contributed by atoms with Gasteiger partial charge in [0.2, 0.25) is 0 Å². The highest BCUT2D eigenvalue weighted by Crippen LogP contribution is 2.30. The second-order valence-corrected chi connectivity index (χ2v) is 3.89. The number of para-hydroxylation sites is 2. The van der Waals surface area contributed by atoms with Crippen LogP contribution in [0.3, 0.4) is 0 Å². The van der Waals surface area contributed by atoms with E-state index in [1.54, 1.807) is 0 Å². The lowest BCUT2D eigenvalue weighted by atomic mass is 10.1. The fraction of sp³-hybridized carbons (Fsp3) is 0.385. The molecule has 0 bridgehead atoms. The van der Waals surface area contributed by atoms with E-state index in [0.29, 0.717) is 6.04 Å². The number of nitrogens with zero attached hydrogens (tertiary/aromatic N) is 1. The first-order valence-corrected chi connectivity index (χ1v) is 5.36. The number of anilines is 2. The molecule has 0 fully saturated rings. The van der Waals surface area contributed by atoms with E-state index in [-0.39, 0.29) is 0 Å². The molecular weight excluding hydrogens is 184 g/mol. The first-order chi connectivity index (χ1) is 7.33. The standard InChI is InChI=1S/C13H16N2/c1-3-4-9-15-11(2)10-14-12-7-5-6-8-13(12)15/h1,5-8,11,14H,4,9-10H2,2H3. The minimum absolute atomic E-state index is 0.508. The van der Waals surface area contributed by atoms with Crippen molar-refractivity contribution < 1.29 is 0 Å². The van der Waals surface area contributed by atoms with Crippen molar-refractivity contribution in [3.05, 3.63) is 24.3 Å². The average molecular weight is 200 g/mol. The van der Waals surface area contributed by atoms with Gasteiger partial charge < -0.3 is 10.2 Å². The Morgan fingerprint density at radius 3 is 3.13 bits per heavy atom. The molecule has 1 atom stereocenters. The normalized spacial score (nSPS) is 18.9. The third kappa shape index (κ3) is 1.92. The third-order valence-electron chi connectivity index (χ3n) is 2.83. The maximum Gasteiger partial charge on any atom is 0.0605 e. The van der Waals surface area contributed by atoms with Crippen LogP contribution in [0.5, 0.6) is 0 Å². The van der Waals surface area contributed by atoms with Crippen LogP contribution in [0.2, 0.25) is 0 Å². The van der Waals surface area contributed by atoms with Crippen LogP contribution in [-0.2, 0) is 0 Å². The van der Waals surface area contributed by atoms with Gasteiger partial charge in [0.05, 0.1) is 11.4 Å². The maximum absolute atomic E-state index is 5.32. The number of hydrogen-bond donors (Lipinski definition) is 1. The Bertz CT molecular complexity index is 378. The van der Waals surface area contributed by atoms with Gasteiger partial charge in [0.15, 0.2) is 0 Å². The van der Waals surface area contributed by atoms with Crippen LogP contribution in [0, 0.1) is 12.3 Å². The van der Waals surface area contributed by atoms with E-state index in [4.69, 9.17) is 6.42 Å². The molecule has 0 saturated carbocycles. The molecule has 15 heavy (non-hydrogen) atoms. The molecule has 0 radical (unpaired) electrons. The molecule has 0 saturated heterocycles. The lowest BCUT2D eigenvalue weighted by Crippen LogP contribution is -2.42. The summed E-state index contributed by atoms with van der Waals surface area (Å²) < 4.78 is 0. The molecule has 0 spiro atoms. The lowest BCUT2D eigenvalue weighted by molar-refractivity contribution is 0.647. The van der Waals surface area contributed by atoms with Gasteiger partial charge in [-0.05, 0) is 19.1 Å². The molecule has 1 aliphatic rings. The summed E-state index contributed by atoms with van der Waals surface area (Å²) in [6.07, 6.45) is 6.12. The van der Waals surface area contributed by atoms with Gasteiger partial charge in [-0.2, -0.15) is 0 Å². The second kappa shape index (κ2) is 4.27. The van der Waals surface area contributed by atoms with Crippen LogP contribution in [-0.4, -0.2) is 19.1 Å². The lowest BCUT2D eigenvalue weighted by Gasteiger charge is -2.37. The largest absolute Gasteiger partial charge is 0.381 e. The van der Waals surface area contributed by atoms with Crippen molar-refractivity contribution in [3.8, 4) is 12.3 Å². The summed E-state index contributed by atoms with van der Waals surface area (Å²) in [4.78, 5) is 2.38. The minimum atomic E-state index is 0.508. The zero-order valence-corrected chi connectivity index (χ0v) is 9.03. The average Bonchev–Trinajstić information content (AvgIpc) is 2.28. The molecular formula is C13H16N2. The molecule has 2 nitrogen and oxygen atoms in total. The maximum atomic E-state index is 5.32. The Morgan fingerprint density at radius 1 is 1.53 bits per heavy atom. The first kappa shape index (κ1) is 9.92. The first-order valence-electron chi connectivity index (χ1n) is 5.36. The molecule has 1 heterocycles. The van der Waals surface area contributed by atoms with Crippen LogP contribution in [0.25, 0.3) is 0 Å². The molecule has 0 aliphatic carbocycles. The zero-order valence-electron chi connectivity index (χ0n) is 9.03. The fourth-order valence-corrected chi connectivity index (χ4v) is 2.00. The summed E-state index contributed by atoms with van der Waals surface area (Å²) >= 11 is 0. The van der Waals surface area contributed by atoms with E-state index < -0.39 is 0 Å². The molecule has 2 heteroatoms. The summed E-state index contributed by atoms with van der Waals surface area (Å²) in [7, 11) is 0. The molecule has 0 aromatic heterocycles. The number of fused-ring (bicyclic) bond motifs is 1. The monoisotopic (exact) mass is 200 g/mol. The highest BCUT2D eigenvalue weighted by molar-refractivity contribution is 5.72. The number of rotatable bonds is 2. The number of hydrogen-bond acceptors (Lipinski definition) is 2. The van der Waals surface area contributed by atoms with Crippen molar-refractivity contribution in [3.63, 3.8) is 0 Å². The van der Waals surface area contributed by atoms with Crippen molar-refractivity contribution in [2.24, 2.45) is 0 Å². The van der Waals surface area contributed by atoms with Gasteiger partial charge in [0.25, 0.3) is 0 Å². The fourth-order valence-electron chi connectivity index (χ4n) is 2.00. The molecule has 1 unspecified atom stereocenters. The van der Waals surface area contributed by atoms with Gasteiger partial charge in [-0.3, -0.25) is 0 Å². The van der Waals surface area contributed by atoms with Crippen molar-refractivity contribution in [1.29, 1.82) is 0 Å². The van der Waals surface area contributed by atoms with Gasteiger partial charge in [0, 0.05) is 25.6 Å². The second-order valence-electron chi connectivity index (χ2n) is 3.89. The van der Waals surface area contributed by atoms with Gasteiger partial charge in [0.1, 0.15) is 0 Å². The van der Waals surface area contributed by atoms with Gasteiger partial charge in [-0.15, -0.1) is 12.3 Å². The molecule has 0 amide bonds. The van der Waals surface area contributed by atoms with Crippen molar-refractivity contribution in [2.45, 2.75) is 19.4 Å². The molecule has 1 aromatic rings. The zero-order chi connectivity index (χ0) is 10.7. The summed E-state index contributed by atoms with van der Waals surface area (Å²) in [6, 6.07) is 8.90. The van der Waals surface area contributed by atoms with Crippen molar-refractivity contribution in [2.75, 3.05) is 23.3 Å². The van der Waals surface area contributed by atoms with Crippen LogP contribution < -0.4 is 10.2 Å². The van der Waals surface area contributed by atoms with Crippen LogP contribution in [0.4, 0.5) is 11.4 Å². The number of nitrogens with one attached hydrogen (secondary N) is 1. The predicted octanol–water partition coefficient (Wildman–Crippen LogP) is 2.33. The molecule has 78 valence electrons. The van der Waals surface area contributed by atoms with Crippen LogP contribution in [0.15, 0.2) is 24.3 Å². The van der Waals surface area contributed by atoms with Crippen molar-refractivity contribution in [1.82, 2.24) is 0 Å². The Balaban J connectivity index is 2.25. The highest BCUT2D eigenvalue weighted by atomic mass is 15.2. The smallest absolute Gasteiger partial charge is 0.0605 e. The predicted molar refractivity (Wildman–Crippen MR) is 65.2 cm³/mol. The Morgan fingerprint density at radius 2 is 2.33 bits per heavy atom. The Labute approximate surface area is 91.3 Å². The van der Waals surface area contributed by atoms with E-state index in [0.717, 1.165) is 19.5 Å². The van der Waals surface area contributed by atoms with Crippen molar-refractivity contribution >= 4 is 11.4 Å². The molecule has 1 aromatic carbocycles. The van der Waals surface area contributed by atoms with E-state index in [9.17, 15) is 0 Å². The van der Waals surface area contributed by atoms with E-state index >= 15 is 0 Å². The Hall–Kier alpha value is -1.62. The molecule has 1 aliphatic heterocycles. The SMILES string of the molecule is C#CCCN1c2ccccc2NCC1C. The van der Waals surface area contributed by atoms with E-state index in [1.165, 1.54) is 11.4 Å². The van der Waals surface area contributed by atoms with Crippen LogP contribution >= 0.6 is 0 Å². The van der Waals surface area contributed by atoms with Gasteiger partial charge in [-0.1, -0.05) is 12.1 Å².